The van der Waals surface area contributed by atoms with Crippen molar-refractivity contribution in [1.29, 1.82) is 0 Å². The van der Waals surface area contributed by atoms with Gasteiger partial charge in [0.1, 0.15) is 0 Å². The monoisotopic (exact) mass is 285 g/mol. The molecule has 1 atom stereocenters. The summed E-state index contributed by atoms with van der Waals surface area (Å²) in [5.74, 6) is 0.434. The van der Waals surface area contributed by atoms with Crippen LogP contribution in [-0.2, 0) is 4.79 Å². The molecule has 0 heterocycles. The van der Waals surface area contributed by atoms with Crippen molar-refractivity contribution < 1.29 is 4.79 Å². The average molecular weight is 286 g/mol. The number of amides is 1. The van der Waals surface area contributed by atoms with Crippen LogP contribution in [-0.4, -0.2) is 17.9 Å². The Morgan fingerprint density at radius 3 is 2.56 bits per heavy atom. The molecule has 0 radical (unpaired) electrons. The third-order valence-electron chi connectivity index (χ3n) is 3.80. The van der Waals surface area contributed by atoms with Crippen molar-refractivity contribution in [2.45, 2.75) is 32.2 Å². The highest BCUT2D eigenvalue weighted by Gasteiger charge is 2.30. The molecule has 0 N–H and O–H groups in total. The molecule has 1 saturated carbocycles. The van der Waals surface area contributed by atoms with Crippen molar-refractivity contribution >= 4 is 29.1 Å². The highest BCUT2D eigenvalue weighted by Crippen LogP contribution is 2.33. The first kappa shape index (κ1) is 13.7. The van der Waals surface area contributed by atoms with Crippen molar-refractivity contribution in [1.82, 2.24) is 4.90 Å². The molecule has 2 rings (SSSR count). The molecule has 1 aliphatic rings. The summed E-state index contributed by atoms with van der Waals surface area (Å²) in [5.41, 5.74) is 0.941. The van der Waals surface area contributed by atoms with Gasteiger partial charge in [-0.2, -0.15) is 0 Å². The van der Waals surface area contributed by atoms with Crippen LogP contribution in [0.3, 0.4) is 0 Å². The SMILES string of the molecule is CC(c1ccc(Cl)cc1Cl)N(C)C(=O)C1CCC1. The molecular formula is C14H17Cl2NO. The molecular weight excluding hydrogens is 269 g/mol. The maximum absolute atomic E-state index is 12.2. The van der Waals surface area contributed by atoms with Gasteiger partial charge in [-0.3, -0.25) is 4.79 Å². The van der Waals surface area contributed by atoms with Crippen LogP contribution in [0.4, 0.5) is 0 Å². The van der Waals surface area contributed by atoms with Crippen LogP contribution in [0.25, 0.3) is 0 Å². The van der Waals surface area contributed by atoms with Crippen molar-refractivity contribution in [3.63, 3.8) is 0 Å². The lowest BCUT2D eigenvalue weighted by Crippen LogP contribution is -2.37. The fraction of sp³-hybridized carbons (Fsp3) is 0.500. The van der Waals surface area contributed by atoms with Crippen LogP contribution in [0.15, 0.2) is 18.2 Å². The summed E-state index contributed by atoms with van der Waals surface area (Å²) in [6.45, 7) is 1.99. The van der Waals surface area contributed by atoms with Gasteiger partial charge >= 0.3 is 0 Å². The lowest BCUT2D eigenvalue weighted by Gasteiger charge is -2.33. The van der Waals surface area contributed by atoms with Crippen LogP contribution < -0.4 is 0 Å². The first-order valence-electron chi connectivity index (χ1n) is 6.22. The van der Waals surface area contributed by atoms with Crippen molar-refractivity contribution in [2.24, 2.45) is 5.92 Å². The zero-order chi connectivity index (χ0) is 13.3. The Bertz CT molecular complexity index is 457. The highest BCUT2D eigenvalue weighted by atomic mass is 35.5. The maximum atomic E-state index is 12.2. The minimum Gasteiger partial charge on any atom is -0.339 e. The quantitative estimate of drug-likeness (QED) is 0.810. The van der Waals surface area contributed by atoms with Crippen molar-refractivity contribution in [3.05, 3.63) is 33.8 Å². The van der Waals surface area contributed by atoms with Crippen LogP contribution in [0, 0.1) is 5.92 Å². The highest BCUT2D eigenvalue weighted by molar-refractivity contribution is 6.35. The van der Waals surface area contributed by atoms with Gasteiger partial charge in [0.15, 0.2) is 0 Å². The predicted octanol–water partition coefficient (Wildman–Crippen LogP) is 4.31. The molecule has 1 aromatic rings. The van der Waals surface area contributed by atoms with E-state index in [0.29, 0.717) is 10.0 Å². The van der Waals surface area contributed by atoms with E-state index in [1.54, 1.807) is 17.0 Å². The normalized spacial score (nSPS) is 17.1. The lowest BCUT2D eigenvalue weighted by molar-refractivity contribution is -0.138. The molecule has 1 unspecified atom stereocenters. The number of halogens is 2. The van der Waals surface area contributed by atoms with Crippen LogP contribution >= 0.6 is 23.2 Å². The smallest absolute Gasteiger partial charge is 0.225 e. The second kappa shape index (κ2) is 5.50. The Balaban J connectivity index is 2.14. The van der Waals surface area contributed by atoms with E-state index in [0.717, 1.165) is 18.4 Å². The van der Waals surface area contributed by atoms with Gasteiger partial charge in [0.25, 0.3) is 0 Å². The van der Waals surface area contributed by atoms with E-state index in [4.69, 9.17) is 23.2 Å². The van der Waals surface area contributed by atoms with E-state index in [1.807, 2.05) is 20.0 Å². The van der Waals surface area contributed by atoms with E-state index in [-0.39, 0.29) is 17.9 Å². The van der Waals surface area contributed by atoms with Gasteiger partial charge < -0.3 is 4.90 Å². The zero-order valence-corrected chi connectivity index (χ0v) is 12.1. The summed E-state index contributed by atoms with van der Waals surface area (Å²) in [5, 5.41) is 1.23. The van der Waals surface area contributed by atoms with Gasteiger partial charge in [-0.15, -0.1) is 0 Å². The number of rotatable bonds is 3. The van der Waals surface area contributed by atoms with Gasteiger partial charge in [0.2, 0.25) is 5.91 Å². The van der Waals surface area contributed by atoms with E-state index in [2.05, 4.69) is 0 Å². The first-order chi connectivity index (χ1) is 8.50. The number of carbonyl (C=O) groups is 1. The molecule has 4 heteroatoms. The number of benzene rings is 1. The Morgan fingerprint density at radius 2 is 2.06 bits per heavy atom. The Kier molecular flexibility index (Phi) is 4.18. The summed E-state index contributed by atoms with van der Waals surface area (Å²) in [7, 11) is 1.84. The van der Waals surface area contributed by atoms with Crippen molar-refractivity contribution in [2.75, 3.05) is 7.05 Å². The number of hydrogen-bond acceptors (Lipinski definition) is 1. The largest absolute Gasteiger partial charge is 0.339 e. The van der Waals surface area contributed by atoms with E-state index in [1.165, 1.54) is 6.42 Å². The third kappa shape index (κ3) is 2.65. The predicted molar refractivity (Wildman–Crippen MR) is 75.0 cm³/mol. The molecule has 1 amide bonds. The van der Waals surface area contributed by atoms with E-state index >= 15 is 0 Å². The van der Waals surface area contributed by atoms with E-state index in [9.17, 15) is 4.79 Å². The van der Waals surface area contributed by atoms with Crippen LogP contribution in [0.5, 0.6) is 0 Å². The fourth-order valence-electron chi connectivity index (χ4n) is 2.18. The Hall–Kier alpha value is -0.730. The fourth-order valence-corrected chi connectivity index (χ4v) is 2.75. The Morgan fingerprint density at radius 1 is 1.39 bits per heavy atom. The van der Waals surface area contributed by atoms with Crippen LogP contribution in [0.1, 0.15) is 37.8 Å². The van der Waals surface area contributed by atoms with Gasteiger partial charge in [-0.1, -0.05) is 35.7 Å². The molecule has 0 aromatic heterocycles. The van der Waals surface area contributed by atoms with Gasteiger partial charge in [-0.25, -0.2) is 0 Å². The molecule has 0 saturated heterocycles. The maximum Gasteiger partial charge on any atom is 0.225 e. The second-order valence-electron chi connectivity index (χ2n) is 4.92. The minimum absolute atomic E-state index is 0.0251. The molecule has 2 nitrogen and oxygen atoms in total. The summed E-state index contributed by atoms with van der Waals surface area (Å²) in [6.07, 6.45) is 3.20. The third-order valence-corrected chi connectivity index (χ3v) is 4.36. The number of nitrogens with zero attached hydrogens (tertiary/aromatic N) is 1. The molecule has 1 aromatic carbocycles. The molecule has 0 spiro atoms. The van der Waals surface area contributed by atoms with E-state index < -0.39 is 0 Å². The topological polar surface area (TPSA) is 20.3 Å². The lowest BCUT2D eigenvalue weighted by atomic mass is 9.84. The van der Waals surface area contributed by atoms with Gasteiger partial charge in [0.05, 0.1) is 6.04 Å². The standard InChI is InChI=1S/C14H17Cl2NO/c1-9(12-7-6-11(15)8-13(12)16)17(2)14(18)10-4-3-5-10/h6-10H,3-5H2,1-2H3. The molecule has 98 valence electrons. The zero-order valence-electron chi connectivity index (χ0n) is 10.6. The summed E-state index contributed by atoms with van der Waals surface area (Å²) < 4.78 is 0. The minimum atomic E-state index is -0.0251. The summed E-state index contributed by atoms with van der Waals surface area (Å²) in [6, 6.07) is 5.39. The second-order valence-corrected chi connectivity index (χ2v) is 5.76. The molecule has 1 fully saturated rings. The first-order valence-corrected chi connectivity index (χ1v) is 6.98. The molecule has 0 aliphatic heterocycles. The summed E-state index contributed by atoms with van der Waals surface area (Å²) in [4.78, 5) is 14.0. The number of hydrogen-bond donors (Lipinski definition) is 0. The van der Waals surface area contributed by atoms with Gasteiger partial charge in [0, 0.05) is 23.0 Å². The summed E-state index contributed by atoms with van der Waals surface area (Å²) >= 11 is 12.1. The number of carbonyl (C=O) groups excluding carboxylic acids is 1. The Labute approximate surface area is 118 Å². The molecule has 0 bridgehead atoms. The van der Waals surface area contributed by atoms with Gasteiger partial charge in [-0.05, 0) is 37.5 Å². The van der Waals surface area contributed by atoms with Crippen LogP contribution in [0.2, 0.25) is 10.0 Å². The molecule has 1 aliphatic carbocycles. The molecule has 18 heavy (non-hydrogen) atoms. The average Bonchev–Trinajstić information content (AvgIpc) is 2.24. The van der Waals surface area contributed by atoms with Crippen molar-refractivity contribution in [3.8, 4) is 0 Å².